The molecule has 0 saturated carbocycles. The van der Waals surface area contributed by atoms with Gasteiger partial charge in [0, 0.05) is 24.7 Å². The Bertz CT molecular complexity index is 227. The summed E-state index contributed by atoms with van der Waals surface area (Å²) in [6, 6.07) is 0. The normalized spacial score (nSPS) is 9.89. The predicted molar refractivity (Wildman–Crippen MR) is 38.9 cm³/mol. The Labute approximate surface area is 58.1 Å². The molecule has 9 heavy (non-hydrogen) atoms. The van der Waals surface area contributed by atoms with E-state index < -0.39 is 0 Å². The van der Waals surface area contributed by atoms with E-state index in [-0.39, 0.29) is 5.69 Å². The van der Waals surface area contributed by atoms with Crippen molar-refractivity contribution >= 4 is 12.6 Å². The maximum atomic E-state index is 10.7. The van der Waals surface area contributed by atoms with Gasteiger partial charge in [0.05, 0.1) is 0 Å². The van der Waals surface area contributed by atoms with Crippen molar-refractivity contribution in [2.45, 2.75) is 6.54 Å². The second kappa shape index (κ2) is 2.77. The zero-order valence-corrected chi connectivity index (χ0v) is 5.77. The molecule has 1 heterocycles. The zero-order chi connectivity index (χ0) is 6.69. The molecule has 0 aliphatic rings. The van der Waals surface area contributed by atoms with Crippen LogP contribution in [0.1, 0.15) is 0 Å². The Morgan fingerprint density at radius 2 is 2.56 bits per heavy atom. The molecule has 0 aliphatic carbocycles. The number of hydrogen-bond acceptors (Lipinski definition) is 2. The minimum atomic E-state index is -0.0657. The second-order valence-electron chi connectivity index (χ2n) is 1.68. The van der Waals surface area contributed by atoms with Gasteiger partial charge in [-0.05, 0) is 0 Å². The first-order chi connectivity index (χ1) is 4.34. The number of nitrogens with zero attached hydrogens (tertiary/aromatic N) is 1. The van der Waals surface area contributed by atoms with Gasteiger partial charge in [0.25, 0.3) is 0 Å². The third-order valence-corrected chi connectivity index (χ3v) is 1.26. The summed E-state index contributed by atoms with van der Waals surface area (Å²) < 4.78 is 1.58. The highest BCUT2D eigenvalue weighted by Gasteiger charge is 1.90. The number of aromatic amines is 1. The standard InChI is InChI=1S/C5H8N2OS/c8-5-6-1-2-7(5)3-4-9/h1-2,9H,3-4H2,(H,6,8). The number of aromatic nitrogens is 2. The van der Waals surface area contributed by atoms with E-state index in [4.69, 9.17) is 0 Å². The maximum absolute atomic E-state index is 10.7. The predicted octanol–water partition coefficient (Wildman–Crippen LogP) is 0.106. The van der Waals surface area contributed by atoms with Crippen LogP contribution in [0.5, 0.6) is 0 Å². The lowest BCUT2D eigenvalue weighted by Crippen LogP contribution is -2.16. The molecule has 1 aromatic rings. The van der Waals surface area contributed by atoms with E-state index in [1.165, 1.54) is 0 Å². The second-order valence-corrected chi connectivity index (χ2v) is 2.13. The van der Waals surface area contributed by atoms with Crippen molar-refractivity contribution in [2.75, 3.05) is 5.75 Å². The SMILES string of the molecule is O=c1[nH]ccn1CCS. The van der Waals surface area contributed by atoms with E-state index in [0.29, 0.717) is 12.3 Å². The lowest BCUT2D eigenvalue weighted by Gasteiger charge is -1.92. The van der Waals surface area contributed by atoms with Crippen LogP contribution in [0.4, 0.5) is 0 Å². The monoisotopic (exact) mass is 144 g/mol. The summed E-state index contributed by atoms with van der Waals surface area (Å²) in [4.78, 5) is 13.2. The van der Waals surface area contributed by atoms with Crippen molar-refractivity contribution in [1.82, 2.24) is 9.55 Å². The van der Waals surface area contributed by atoms with Crippen LogP contribution in [0.15, 0.2) is 17.2 Å². The summed E-state index contributed by atoms with van der Waals surface area (Å²) >= 11 is 3.98. The Hall–Kier alpha value is -0.640. The Morgan fingerprint density at radius 3 is 3.00 bits per heavy atom. The van der Waals surface area contributed by atoms with Gasteiger partial charge < -0.3 is 4.98 Å². The van der Waals surface area contributed by atoms with Crippen molar-refractivity contribution in [3.8, 4) is 0 Å². The first-order valence-corrected chi connectivity index (χ1v) is 3.32. The highest BCUT2D eigenvalue weighted by Crippen LogP contribution is 1.80. The van der Waals surface area contributed by atoms with Crippen LogP contribution in [0.3, 0.4) is 0 Å². The molecule has 3 nitrogen and oxygen atoms in total. The van der Waals surface area contributed by atoms with E-state index in [0.717, 1.165) is 0 Å². The number of rotatable bonds is 2. The van der Waals surface area contributed by atoms with Gasteiger partial charge in [0.15, 0.2) is 0 Å². The molecular formula is C5H8N2OS. The van der Waals surface area contributed by atoms with E-state index in [9.17, 15) is 4.79 Å². The van der Waals surface area contributed by atoms with Crippen LogP contribution < -0.4 is 5.69 Å². The van der Waals surface area contributed by atoms with Gasteiger partial charge in [0.1, 0.15) is 0 Å². The fraction of sp³-hybridized carbons (Fsp3) is 0.400. The molecule has 0 fully saturated rings. The fourth-order valence-corrected chi connectivity index (χ4v) is 0.848. The summed E-state index contributed by atoms with van der Waals surface area (Å²) in [6.07, 6.45) is 3.32. The van der Waals surface area contributed by atoms with E-state index in [1.54, 1.807) is 17.0 Å². The number of thiol groups is 1. The largest absolute Gasteiger partial charge is 0.325 e. The van der Waals surface area contributed by atoms with Crippen molar-refractivity contribution in [1.29, 1.82) is 0 Å². The molecule has 4 heteroatoms. The number of hydrogen-bond donors (Lipinski definition) is 2. The van der Waals surface area contributed by atoms with Gasteiger partial charge in [-0.1, -0.05) is 0 Å². The molecule has 1 aromatic heterocycles. The molecule has 1 rings (SSSR count). The molecular weight excluding hydrogens is 136 g/mol. The van der Waals surface area contributed by atoms with Gasteiger partial charge in [0.2, 0.25) is 0 Å². The number of aryl methyl sites for hydroxylation is 1. The summed E-state index contributed by atoms with van der Waals surface area (Å²) in [6.45, 7) is 0.672. The number of H-pyrrole nitrogens is 1. The average Bonchev–Trinajstić information content (AvgIpc) is 2.18. The number of imidazole rings is 1. The third kappa shape index (κ3) is 1.38. The Morgan fingerprint density at radius 1 is 1.78 bits per heavy atom. The van der Waals surface area contributed by atoms with E-state index in [1.807, 2.05) is 0 Å². The quantitative estimate of drug-likeness (QED) is 0.568. The van der Waals surface area contributed by atoms with Crippen LogP contribution in [-0.4, -0.2) is 15.3 Å². The van der Waals surface area contributed by atoms with Gasteiger partial charge in [-0.3, -0.25) is 4.57 Å². The molecule has 0 saturated heterocycles. The molecule has 1 N–H and O–H groups in total. The van der Waals surface area contributed by atoms with Crippen LogP contribution in [0.2, 0.25) is 0 Å². The van der Waals surface area contributed by atoms with E-state index >= 15 is 0 Å². The topological polar surface area (TPSA) is 37.8 Å². The van der Waals surface area contributed by atoms with Gasteiger partial charge >= 0.3 is 5.69 Å². The van der Waals surface area contributed by atoms with Gasteiger partial charge in [-0.2, -0.15) is 12.6 Å². The summed E-state index contributed by atoms with van der Waals surface area (Å²) in [5, 5.41) is 0. The molecule has 0 atom stereocenters. The highest BCUT2D eigenvalue weighted by atomic mass is 32.1. The summed E-state index contributed by atoms with van der Waals surface area (Å²) in [5.41, 5.74) is -0.0657. The van der Waals surface area contributed by atoms with Crippen LogP contribution in [0, 0.1) is 0 Å². The van der Waals surface area contributed by atoms with E-state index in [2.05, 4.69) is 17.6 Å². The summed E-state index contributed by atoms with van der Waals surface area (Å²) in [7, 11) is 0. The molecule has 50 valence electrons. The van der Waals surface area contributed by atoms with Crippen LogP contribution in [0.25, 0.3) is 0 Å². The van der Waals surface area contributed by atoms with Gasteiger partial charge in [-0.25, -0.2) is 4.79 Å². The molecule has 0 unspecified atom stereocenters. The molecule has 0 bridgehead atoms. The Balaban J connectivity index is 2.81. The molecule has 0 amide bonds. The smallest absolute Gasteiger partial charge is 0.313 e. The lowest BCUT2D eigenvalue weighted by atomic mass is 10.7. The molecule has 0 aliphatic heterocycles. The summed E-state index contributed by atoms with van der Waals surface area (Å²) in [5.74, 6) is 0.692. The first-order valence-electron chi connectivity index (χ1n) is 2.69. The molecule has 0 radical (unpaired) electrons. The van der Waals surface area contributed by atoms with Crippen molar-refractivity contribution in [2.24, 2.45) is 0 Å². The minimum absolute atomic E-state index is 0.0657. The zero-order valence-electron chi connectivity index (χ0n) is 4.87. The molecule has 0 spiro atoms. The fourth-order valence-electron chi connectivity index (χ4n) is 0.633. The van der Waals surface area contributed by atoms with Crippen molar-refractivity contribution in [3.63, 3.8) is 0 Å². The highest BCUT2D eigenvalue weighted by molar-refractivity contribution is 7.80. The van der Waals surface area contributed by atoms with Crippen LogP contribution >= 0.6 is 12.6 Å². The molecule has 0 aromatic carbocycles. The average molecular weight is 144 g/mol. The Kier molecular flexibility index (Phi) is 2.00. The van der Waals surface area contributed by atoms with Crippen LogP contribution in [-0.2, 0) is 6.54 Å². The van der Waals surface area contributed by atoms with Crippen molar-refractivity contribution < 1.29 is 0 Å². The number of nitrogens with one attached hydrogen (secondary N) is 1. The lowest BCUT2D eigenvalue weighted by molar-refractivity contribution is 0.739. The first kappa shape index (κ1) is 6.48. The van der Waals surface area contributed by atoms with Crippen molar-refractivity contribution in [3.05, 3.63) is 22.9 Å². The maximum Gasteiger partial charge on any atom is 0.325 e. The third-order valence-electron chi connectivity index (χ3n) is 1.06. The van der Waals surface area contributed by atoms with Gasteiger partial charge in [-0.15, -0.1) is 0 Å². The minimum Gasteiger partial charge on any atom is -0.313 e.